The highest BCUT2D eigenvalue weighted by atomic mass is 16.3. The topological polar surface area (TPSA) is 72.5 Å². The number of nitrogens with one attached hydrogen (secondary N) is 1. The molecule has 3 heterocycles. The average molecular weight is 368 g/mol. The summed E-state index contributed by atoms with van der Waals surface area (Å²) in [4.78, 5) is 17.0. The van der Waals surface area contributed by atoms with Crippen LogP contribution in [0.5, 0.6) is 0 Å². The van der Waals surface area contributed by atoms with Gasteiger partial charge in [0, 0.05) is 49.0 Å². The third-order valence-corrected chi connectivity index (χ3v) is 5.76. The largest absolute Gasteiger partial charge is 0.391 e. The molecule has 2 saturated heterocycles. The zero-order chi connectivity index (χ0) is 18.8. The Morgan fingerprint density at radius 2 is 1.93 bits per heavy atom. The van der Waals surface area contributed by atoms with Crippen molar-refractivity contribution in [3.8, 4) is 0 Å². The van der Waals surface area contributed by atoms with Crippen molar-refractivity contribution in [2.75, 3.05) is 31.1 Å². The zero-order valence-electron chi connectivity index (χ0n) is 15.9. The number of carbonyl (C=O) groups excluding carboxylic acids is 1. The third-order valence-electron chi connectivity index (χ3n) is 5.76. The predicted molar refractivity (Wildman–Crippen MR) is 105 cm³/mol. The van der Waals surface area contributed by atoms with Crippen LogP contribution in [-0.2, 0) is 6.42 Å². The molecule has 6 heteroatoms. The fraction of sp³-hybridized carbons (Fsp3) is 0.524. The van der Waals surface area contributed by atoms with Crippen LogP contribution >= 0.6 is 0 Å². The van der Waals surface area contributed by atoms with Crippen molar-refractivity contribution in [1.29, 1.82) is 0 Å². The van der Waals surface area contributed by atoms with Gasteiger partial charge in [0.15, 0.2) is 0 Å². The maximum absolute atomic E-state index is 12.9. The summed E-state index contributed by atoms with van der Waals surface area (Å²) in [5.74, 6) is 0.0317. The number of anilines is 1. The van der Waals surface area contributed by atoms with Crippen LogP contribution < -0.4 is 4.90 Å². The first kappa shape index (κ1) is 18.0. The van der Waals surface area contributed by atoms with Crippen molar-refractivity contribution < 1.29 is 9.90 Å². The van der Waals surface area contributed by atoms with Crippen LogP contribution in [0.4, 0.5) is 5.69 Å². The Labute approximate surface area is 160 Å². The van der Waals surface area contributed by atoms with Crippen LogP contribution in [0.3, 0.4) is 0 Å². The number of hydrogen-bond acceptors (Lipinski definition) is 4. The van der Waals surface area contributed by atoms with Gasteiger partial charge in [-0.15, -0.1) is 0 Å². The van der Waals surface area contributed by atoms with E-state index in [0.29, 0.717) is 25.1 Å². The van der Waals surface area contributed by atoms with E-state index in [0.717, 1.165) is 24.5 Å². The van der Waals surface area contributed by atoms with Crippen LogP contribution in [-0.4, -0.2) is 58.4 Å². The van der Waals surface area contributed by atoms with Crippen molar-refractivity contribution in [3.05, 3.63) is 47.3 Å². The Morgan fingerprint density at radius 3 is 2.59 bits per heavy atom. The van der Waals surface area contributed by atoms with Crippen LogP contribution in [0.15, 0.2) is 30.3 Å². The van der Waals surface area contributed by atoms with Crippen LogP contribution in [0, 0.1) is 12.8 Å². The molecule has 0 spiro atoms. The molecule has 0 saturated carbocycles. The summed E-state index contributed by atoms with van der Waals surface area (Å²) in [6, 6.07) is 9.94. The number of nitrogens with zero attached hydrogens (tertiary/aromatic N) is 3. The van der Waals surface area contributed by atoms with Gasteiger partial charge in [-0.3, -0.25) is 9.89 Å². The summed E-state index contributed by atoms with van der Waals surface area (Å²) in [6.45, 7) is 5.12. The smallest absolute Gasteiger partial charge is 0.253 e. The van der Waals surface area contributed by atoms with Gasteiger partial charge in [-0.2, -0.15) is 5.10 Å². The van der Waals surface area contributed by atoms with Crippen molar-refractivity contribution in [2.24, 2.45) is 5.92 Å². The van der Waals surface area contributed by atoms with E-state index >= 15 is 0 Å². The average Bonchev–Trinajstić information content (AvgIpc) is 3.28. The molecule has 2 fully saturated rings. The minimum Gasteiger partial charge on any atom is -0.391 e. The molecular formula is C21H28N4O2. The Balaban J connectivity index is 1.39. The van der Waals surface area contributed by atoms with Crippen LogP contribution in [0.1, 0.15) is 41.0 Å². The van der Waals surface area contributed by atoms with Gasteiger partial charge in [0.1, 0.15) is 0 Å². The number of aryl methyl sites for hydroxylation is 1. The van der Waals surface area contributed by atoms with Crippen molar-refractivity contribution in [2.45, 2.75) is 38.7 Å². The number of amides is 1. The molecule has 1 aromatic heterocycles. The molecule has 27 heavy (non-hydrogen) atoms. The lowest BCUT2D eigenvalue weighted by Gasteiger charge is -2.29. The van der Waals surface area contributed by atoms with Crippen molar-refractivity contribution >= 4 is 11.6 Å². The maximum Gasteiger partial charge on any atom is 0.253 e. The normalized spacial score (nSPS) is 23.0. The summed E-state index contributed by atoms with van der Waals surface area (Å²) in [5.41, 5.74) is 3.84. The van der Waals surface area contributed by atoms with E-state index in [1.165, 1.54) is 24.9 Å². The second-order valence-corrected chi connectivity index (χ2v) is 7.88. The Bertz CT molecular complexity index is 780. The van der Waals surface area contributed by atoms with E-state index in [4.69, 9.17) is 0 Å². The molecule has 1 aromatic carbocycles. The molecule has 144 valence electrons. The number of β-amino-alcohol motifs (C(OH)–C–C–N with tert-alkyl or cyclic N) is 1. The minimum atomic E-state index is -0.501. The van der Waals surface area contributed by atoms with Gasteiger partial charge >= 0.3 is 0 Å². The van der Waals surface area contributed by atoms with Gasteiger partial charge in [-0.05, 0) is 62.9 Å². The van der Waals surface area contributed by atoms with Crippen molar-refractivity contribution in [1.82, 2.24) is 15.1 Å². The molecule has 2 atom stereocenters. The lowest BCUT2D eigenvalue weighted by molar-refractivity contribution is 0.0764. The molecule has 1 amide bonds. The lowest BCUT2D eigenvalue weighted by atomic mass is 10.0. The molecule has 0 bridgehead atoms. The molecule has 0 aliphatic carbocycles. The number of aromatic nitrogens is 2. The highest BCUT2D eigenvalue weighted by molar-refractivity contribution is 5.94. The van der Waals surface area contributed by atoms with Gasteiger partial charge in [0.2, 0.25) is 0 Å². The lowest BCUT2D eigenvalue weighted by Crippen LogP contribution is -2.30. The zero-order valence-corrected chi connectivity index (χ0v) is 15.9. The maximum atomic E-state index is 12.9. The number of carbonyl (C=O) groups is 1. The van der Waals surface area contributed by atoms with Gasteiger partial charge < -0.3 is 14.9 Å². The number of aromatic amines is 1. The summed E-state index contributed by atoms with van der Waals surface area (Å²) in [6.07, 6.45) is 3.97. The number of rotatable bonds is 4. The molecule has 6 nitrogen and oxygen atoms in total. The molecule has 2 aliphatic heterocycles. The first-order valence-corrected chi connectivity index (χ1v) is 9.93. The highest BCUT2D eigenvalue weighted by Gasteiger charge is 2.34. The number of H-pyrrole nitrogens is 1. The molecular weight excluding hydrogens is 340 g/mol. The predicted octanol–water partition coefficient (Wildman–Crippen LogP) is 2.38. The van der Waals surface area contributed by atoms with E-state index in [2.05, 4.69) is 27.2 Å². The van der Waals surface area contributed by atoms with E-state index in [9.17, 15) is 9.90 Å². The van der Waals surface area contributed by atoms with Gasteiger partial charge in [-0.25, -0.2) is 0 Å². The summed E-state index contributed by atoms with van der Waals surface area (Å²) < 4.78 is 0. The monoisotopic (exact) mass is 368 g/mol. The second-order valence-electron chi connectivity index (χ2n) is 7.88. The first-order chi connectivity index (χ1) is 13.1. The molecule has 0 radical (unpaired) electrons. The van der Waals surface area contributed by atoms with Crippen LogP contribution in [0.2, 0.25) is 0 Å². The summed E-state index contributed by atoms with van der Waals surface area (Å²) in [7, 11) is 0. The SMILES string of the molecule is Cc1cc(C[C@@H]2CN(C(=O)c3ccc(N4CCCCC4)cc3)C[C@@H]2O)n[nH]1. The van der Waals surface area contributed by atoms with E-state index in [1.807, 2.05) is 25.1 Å². The number of aliphatic hydroxyl groups is 1. The Morgan fingerprint density at radius 1 is 1.19 bits per heavy atom. The first-order valence-electron chi connectivity index (χ1n) is 9.93. The van der Waals surface area contributed by atoms with E-state index in [1.54, 1.807) is 4.90 Å². The molecule has 0 unspecified atom stereocenters. The van der Waals surface area contributed by atoms with Crippen LogP contribution in [0.25, 0.3) is 0 Å². The number of likely N-dealkylation sites (tertiary alicyclic amines) is 1. The summed E-state index contributed by atoms with van der Waals surface area (Å²) in [5, 5.41) is 17.6. The second kappa shape index (κ2) is 7.72. The number of piperidine rings is 1. The van der Waals surface area contributed by atoms with Gasteiger partial charge in [-0.1, -0.05) is 0 Å². The quantitative estimate of drug-likeness (QED) is 0.869. The Hall–Kier alpha value is -2.34. The summed E-state index contributed by atoms with van der Waals surface area (Å²) >= 11 is 0. The molecule has 2 aromatic rings. The fourth-order valence-electron chi connectivity index (χ4n) is 4.22. The highest BCUT2D eigenvalue weighted by Crippen LogP contribution is 2.24. The van der Waals surface area contributed by atoms with Gasteiger partial charge in [0.25, 0.3) is 5.91 Å². The van der Waals surface area contributed by atoms with Gasteiger partial charge in [0.05, 0.1) is 11.8 Å². The standard InChI is InChI=1S/C21H28N4O2/c1-15-11-18(23-22-15)12-17-13-25(14-20(17)26)21(27)16-5-7-19(8-6-16)24-9-3-2-4-10-24/h5-8,11,17,20,26H,2-4,9-10,12-14H2,1H3,(H,22,23)/t17-,20+/m1/s1. The minimum absolute atomic E-state index is 0.0000440. The number of benzene rings is 1. The molecule has 4 rings (SSSR count). The van der Waals surface area contributed by atoms with E-state index in [-0.39, 0.29) is 11.8 Å². The Kier molecular flexibility index (Phi) is 5.16. The number of aliphatic hydroxyl groups excluding tert-OH is 1. The molecule has 2 aliphatic rings. The molecule has 2 N–H and O–H groups in total. The fourth-order valence-corrected chi connectivity index (χ4v) is 4.22. The van der Waals surface area contributed by atoms with E-state index < -0.39 is 6.10 Å². The third kappa shape index (κ3) is 4.00. The van der Waals surface area contributed by atoms with Crippen molar-refractivity contribution in [3.63, 3.8) is 0 Å². The number of hydrogen-bond donors (Lipinski definition) is 2.